The fourth-order valence-corrected chi connectivity index (χ4v) is 4.35. The molecule has 1 amide bonds. The third kappa shape index (κ3) is 3.05. The predicted octanol–water partition coefficient (Wildman–Crippen LogP) is 3.17. The molecule has 1 aliphatic carbocycles. The highest BCUT2D eigenvalue weighted by atomic mass is 16.2. The molecule has 1 aromatic rings. The van der Waals surface area contributed by atoms with E-state index in [-0.39, 0.29) is 11.3 Å². The summed E-state index contributed by atoms with van der Waals surface area (Å²) in [4.78, 5) is 14.7. The van der Waals surface area contributed by atoms with Gasteiger partial charge in [0, 0.05) is 18.5 Å². The number of nitrogens with one attached hydrogen (secondary N) is 1. The Balaban J connectivity index is 1.55. The highest BCUT2D eigenvalue weighted by molar-refractivity contribution is 5.82. The lowest BCUT2D eigenvalue weighted by atomic mass is 9.86. The molecular formula is C19H28N2O. The summed E-state index contributed by atoms with van der Waals surface area (Å²) in [5.74, 6) is 0.929. The summed E-state index contributed by atoms with van der Waals surface area (Å²) in [7, 11) is 1.76. The molecule has 1 aliphatic heterocycles. The van der Waals surface area contributed by atoms with Gasteiger partial charge in [-0.2, -0.15) is 0 Å². The van der Waals surface area contributed by atoms with Gasteiger partial charge in [-0.15, -0.1) is 0 Å². The SMILES string of the molecule is CNC(=O)C1(C)CCC(N2CCC(c3ccccc3)CC2)C1. The number of rotatable bonds is 3. The Morgan fingerprint density at radius 3 is 2.50 bits per heavy atom. The first-order valence-corrected chi connectivity index (χ1v) is 8.63. The van der Waals surface area contributed by atoms with Crippen molar-refractivity contribution in [1.82, 2.24) is 10.2 Å². The maximum absolute atomic E-state index is 12.1. The van der Waals surface area contributed by atoms with E-state index in [1.807, 2.05) is 0 Å². The van der Waals surface area contributed by atoms with Crippen molar-refractivity contribution in [3.8, 4) is 0 Å². The Kier molecular flexibility index (Phi) is 4.53. The highest BCUT2D eigenvalue weighted by Crippen LogP contribution is 2.41. The van der Waals surface area contributed by atoms with Gasteiger partial charge in [0.05, 0.1) is 0 Å². The zero-order chi connectivity index (χ0) is 15.6. The van der Waals surface area contributed by atoms with Gasteiger partial charge in [0.2, 0.25) is 5.91 Å². The number of hydrogen-bond acceptors (Lipinski definition) is 2. The van der Waals surface area contributed by atoms with Crippen molar-refractivity contribution in [3.05, 3.63) is 35.9 Å². The first-order valence-electron chi connectivity index (χ1n) is 8.63. The Morgan fingerprint density at radius 2 is 1.86 bits per heavy atom. The number of carbonyl (C=O) groups is 1. The van der Waals surface area contributed by atoms with E-state index < -0.39 is 0 Å². The molecule has 0 bridgehead atoms. The van der Waals surface area contributed by atoms with Crippen LogP contribution in [0.1, 0.15) is 50.5 Å². The molecule has 3 heteroatoms. The summed E-state index contributed by atoms with van der Waals surface area (Å²) >= 11 is 0. The second-order valence-corrected chi connectivity index (χ2v) is 7.26. The minimum atomic E-state index is -0.157. The first-order chi connectivity index (χ1) is 10.6. The van der Waals surface area contributed by atoms with E-state index in [4.69, 9.17) is 0 Å². The lowest BCUT2D eigenvalue weighted by Gasteiger charge is -2.36. The number of carbonyl (C=O) groups excluding carboxylic acids is 1. The monoisotopic (exact) mass is 300 g/mol. The number of likely N-dealkylation sites (tertiary alicyclic amines) is 1. The molecule has 0 spiro atoms. The number of benzene rings is 1. The van der Waals surface area contributed by atoms with Gasteiger partial charge in [-0.05, 0) is 56.7 Å². The van der Waals surface area contributed by atoms with Gasteiger partial charge in [0.1, 0.15) is 0 Å². The van der Waals surface area contributed by atoms with Crippen molar-refractivity contribution in [1.29, 1.82) is 0 Å². The van der Waals surface area contributed by atoms with E-state index in [2.05, 4.69) is 47.5 Å². The first kappa shape index (κ1) is 15.5. The molecule has 2 atom stereocenters. The van der Waals surface area contributed by atoms with E-state index in [9.17, 15) is 4.79 Å². The van der Waals surface area contributed by atoms with Crippen LogP contribution in [0.2, 0.25) is 0 Å². The predicted molar refractivity (Wildman–Crippen MR) is 89.8 cm³/mol. The van der Waals surface area contributed by atoms with Crippen molar-refractivity contribution in [3.63, 3.8) is 0 Å². The van der Waals surface area contributed by atoms with Crippen molar-refractivity contribution in [2.75, 3.05) is 20.1 Å². The van der Waals surface area contributed by atoms with E-state index in [1.54, 1.807) is 7.05 Å². The number of piperidine rings is 1. The summed E-state index contributed by atoms with van der Waals surface area (Å²) in [6.07, 6.45) is 5.70. The zero-order valence-corrected chi connectivity index (χ0v) is 13.8. The summed E-state index contributed by atoms with van der Waals surface area (Å²) in [5.41, 5.74) is 1.33. The van der Waals surface area contributed by atoms with Crippen molar-refractivity contribution >= 4 is 5.91 Å². The molecule has 1 N–H and O–H groups in total. The van der Waals surface area contributed by atoms with Crippen LogP contribution in [-0.2, 0) is 4.79 Å². The molecule has 120 valence electrons. The van der Waals surface area contributed by atoms with Gasteiger partial charge in [-0.1, -0.05) is 37.3 Å². The summed E-state index contributed by atoms with van der Waals surface area (Å²) in [6, 6.07) is 11.5. The van der Waals surface area contributed by atoms with Gasteiger partial charge in [-0.25, -0.2) is 0 Å². The van der Waals surface area contributed by atoms with Crippen molar-refractivity contribution in [2.24, 2.45) is 5.41 Å². The molecule has 2 fully saturated rings. The molecular weight excluding hydrogens is 272 g/mol. The smallest absolute Gasteiger partial charge is 0.225 e. The second kappa shape index (κ2) is 6.41. The number of nitrogens with zero attached hydrogens (tertiary/aromatic N) is 1. The van der Waals surface area contributed by atoms with Crippen LogP contribution in [0.3, 0.4) is 0 Å². The molecule has 1 aromatic carbocycles. The average molecular weight is 300 g/mol. The van der Waals surface area contributed by atoms with Crippen LogP contribution in [0.4, 0.5) is 0 Å². The highest BCUT2D eigenvalue weighted by Gasteiger charge is 2.43. The Hall–Kier alpha value is -1.35. The maximum Gasteiger partial charge on any atom is 0.225 e. The second-order valence-electron chi connectivity index (χ2n) is 7.26. The quantitative estimate of drug-likeness (QED) is 0.930. The third-order valence-electron chi connectivity index (χ3n) is 5.81. The van der Waals surface area contributed by atoms with E-state index >= 15 is 0 Å². The van der Waals surface area contributed by atoms with Crippen LogP contribution >= 0.6 is 0 Å². The minimum absolute atomic E-state index is 0.157. The van der Waals surface area contributed by atoms with Gasteiger partial charge >= 0.3 is 0 Å². The van der Waals surface area contributed by atoms with Crippen LogP contribution in [-0.4, -0.2) is 37.0 Å². The molecule has 1 saturated carbocycles. The Morgan fingerprint density at radius 1 is 1.18 bits per heavy atom. The topological polar surface area (TPSA) is 32.3 Å². The lowest BCUT2D eigenvalue weighted by Crippen LogP contribution is -2.42. The Bertz CT molecular complexity index is 507. The lowest BCUT2D eigenvalue weighted by molar-refractivity contribution is -0.129. The standard InChI is InChI=1S/C19H28N2O/c1-19(18(22)20-2)11-8-17(14-19)21-12-9-16(10-13-21)15-6-4-3-5-7-15/h3-7,16-17H,8-14H2,1-2H3,(H,20,22). The molecule has 3 nitrogen and oxygen atoms in total. The largest absolute Gasteiger partial charge is 0.359 e. The molecule has 2 unspecified atom stereocenters. The minimum Gasteiger partial charge on any atom is -0.359 e. The summed E-state index contributed by atoms with van der Waals surface area (Å²) < 4.78 is 0. The van der Waals surface area contributed by atoms with E-state index in [0.29, 0.717) is 12.0 Å². The molecule has 1 heterocycles. The van der Waals surface area contributed by atoms with Crippen LogP contribution in [0.5, 0.6) is 0 Å². The molecule has 2 aliphatic rings. The molecule has 22 heavy (non-hydrogen) atoms. The zero-order valence-electron chi connectivity index (χ0n) is 13.8. The molecule has 0 aromatic heterocycles. The van der Waals surface area contributed by atoms with Crippen LogP contribution < -0.4 is 5.32 Å². The van der Waals surface area contributed by atoms with E-state index in [0.717, 1.165) is 12.8 Å². The number of hydrogen-bond donors (Lipinski definition) is 1. The van der Waals surface area contributed by atoms with Crippen molar-refractivity contribution < 1.29 is 4.79 Å². The maximum atomic E-state index is 12.1. The van der Waals surface area contributed by atoms with Crippen LogP contribution in [0.25, 0.3) is 0 Å². The van der Waals surface area contributed by atoms with Crippen LogP contribution in [0.15, 0.2) is 30.3 Å². The van der Waals surface area contributed by atoms with Gasteiger partial charge in [0.25, 0.3) is 0 Å². The molecule has 3 rings (SSSR count). The fraction of sp³-hybridized carbons (Fsp3) is 0.632. The number of amides is 1. The summed E-state index contributed by atoms with van der Waals surface area (Å²) in [5, 5.41) is 2.84. The normalized spacial score (nSPS) is 30.4. The third-order valence-corrected chi connectivity index (χ3v) is 5.81. The fourth-order valence-electron chi connectivity index (χ4n) is 4.35. The summed E-state index contributed by atoms with van der Waals surface area (Å²) in [6.45, 7) is 4.48. The van der Waals surface area contributed by atoms with Crippen LogP contribution in [0, 0.1) is 5.41 Å². The van der Waals surface area contributed by atoms with Gasteiger partial charge in [-0.3, -0.25) is 4.79 Å². The average Bonchev–Trinajstić information content (AvgIpc) is 2.99. The van der Waals surface area contributed by atoms with Gasteiger partial charge < -0.3 is 10.2 Å². The van der Waals surface area contributed by atoms with Crippen molar-refractivity contribution in [2.45, 2.75) is 51.0 Å². The van der Waals surface area contributed by atoms with Gasteiger partial charge in [0.15, 0.2) is 0 Å². The van der Waals surface area contributed by atoms with E-state index in [1.165, 1.54) is 37.9 Å². The molecule has 1 saturated heterocycles. The Labute approximate surface area is 134 Å². The molecule has 0 radical (unpaired) electrons.